The summed E-state index contributed by atoms with van der Waals surface area (Å²) in [6, 6.07) is 18.2. The maximum atomic E-state index is 8.76. The minimum absolute atomic E-state index is 0.343. The fraction of sp³-hybridized carbons (Fsp3) is 0.133. The van der Waals surface area contributed by atoms with Crippen LogP contribution in [0.2, 0.25) is 0 Å². The normalized spacial score (nSPS) is 11.8. The summed E-state index contributed by atoms with van der Waals surface area (Å²) in [6.45, 7) is 2.17. The van der Waals surface area contributed by atoms with Crippen molar-refractivity contribution >= 4 is 15.9 Å². The standard InChI is InChI=1S/C15H12BrN/c1-11(14-6-8-15(16)9-7-14)13-4-2-12(10-17)3-5-13/h2-9,11H,1H3. The number of nitriles is 1. The van der Waals surface area contributed by atoms with Gasteiger partial charge in [0.05, 0.1) is 11.6 Å². The zero-order chi connectivity index (χ0) is 12.3. The van der Waals surface area contributed by atoms with Gasteiger partial charge >= 0.3 is 0 Å². The van der Waals surface area contributed by atoms with Crippen LogP contribution in [0, 0.1) is 11.3 Å². The molecule has 0 saturated heterocycles. The van der Waals surface area contributed by atoms with Crippen LogP contribution in [0.4, 0.5) is 0 Å². The maximum Gasteiger partial charge on any atom is 0.0991 e. The summed E-state index contributed by atoms with van der Waals surface area (Å²) in [5.41, 5.74) is 3.21. The zero-order valence-corrected chi connectivity index (χ0v) is 11.1. The number of benzene rings is 2. The lowest BCUT2D eigenvalue weighted by molar-refractivity contribution is 0.921. The average Bonchev–Trinajstić information content (AvgIpc) is 2.39. The van der Waals surface area contributed by atoms with Crippen LogP contribution in [-0.2, 0) is 0 Å². The van der Waals surface area contributed by atoms with Gasteiger partial charge in [-0.3, -0.25) is 0 Å². The van der Waals surface area contributed by atoms with Crippen LogP contribution in [0.25, 0.3) is 0 Å². The molecule has 0 aromatic heterocycles. The number of hydrogen-bond donors (Lipinski definition) is 0. The highest BCUT2D eigenvalue weighted by atomic mass is 79.9. The van der Waals surface area contributed by atoms with Gasteiger partial charge in [0.15, 0.2) is 0 Å². The van der Waals surface area contributed by atoms with Crippen LogP contribution in [-0.4, -0.2) is 0 Å². The van der Waals surface area contributed by atoms with Crippen LogP contribution in [0.1, 0.15) is 29.5 Å². The molecule has 0 spiro atoms. The molecule has 0 amide bonds. The summed E-state index contributed by atoms with van der Waals surface area (Å²) in [5, 5.41) is 8.76. The van der Waals surface area contributed by atoms with Gasteiger partial charge in [-0.05, 0) is 35.4 Å². The molecule has 0 radical (unpaired) electrons. The number of hydrogen-bond acceptors (Lipinski definition) is 1. The van der Waals surface area contributed by atoms with Crippen LogP contribution in [0.5, 0.6) is 0 Å². The summed E-state index contributed by atoms with van der Waals surface area (Å²) in [4.78, 5) is 0. The molecule has 2 rings (SSSR count). The van der Waals surface area contributed by atoms with Crippen molar-refractivity contribution in [3.8, 4) is 6.07 Å². The molecular formula is C15H12BrN. The Morgan fingerprint density at radius 2 is 1.41 bits per heavy atom. The van der Waals surface area contributed by atoms with Crippen LogP contribution < -0.4 is 0 Å². The largest absolute Gasteiger partial charge is 0.192 e. The van der Waals surface area contributed by atoms with E-state index in [4.69, 9.17) is 5.26 Å². The van der Waals surface area contributed by atoms with E-state index >= 15 is 0 Å². The van der Waals surface area contributed by atoms with Gasteiger partial charge in [0.2, 0.25) is 0 Å². The van der Waals surface area contributed by atoms with E-state index in [2.05, 4.69) is 53.2 Å². The Morgan fingerprint density at radius 1 is 0.941 bits per heavy atom. The van der Waals surface area contributed by atoms with Gasteiger partial charge in [0.25, 0.3) is 0 Å². The van der Waals surface area contributed by atoms with E-state index in [1.54, 1.807) is 0 Å². The molecule has 0 saturated carbocycles. The second-order valence-electron chi connectivity index (χ2n) is 4.01. The quantitative estimate of drug-likeness (QED) is 0.799. The highest BCUT2D eigenvalue weighted by molar-refractivity contribution is 9.10. The summed E-state index contributed by atoms with van der Waals surface area (Å²) < 4.78 is 1.09. The van der Waals surface area contributed by atoms with Gasteiger partial charge in [-0.1, -0.05) is 47.1 Å². The van der Waals surface area contributed by atoms with Crippen molar-refractivity contribution in [2.45, 2.75) is 12.8 Å². The topological polar surface area (TPSA) is 23.8 Å². The first-order valence-corrected chi connectivity index (χ1v) is 6.25. The van der Waals surface area contributed by atoms with Crippen molar-refractivity contribution in [2.75, 3.05) is 0 Å². The Balaban J connectivity index is 2.27. The van der Waals surface area contributed by atoms with Crippen LogP contribution in [0.3, 0.4) is 0 Å². The van der Waals surface area contributed by atoms with Gasteiger partial charge in [0.1, 0.15) is 0 Å². The van der Waals surface area contributed by atoms with E-state index in [1.165, 1.54) is 11.1 Å². The molecule has 0 aliphatic heterocycles. The van der Waals surface area contributed by atoms with Crippen molar-refractivity contribution < 1.29 is 0 Å². The average molecular weight is 286 g/mol. The Morgan fingerprint density at radius 3 is 1.88 bits per heavy atom. The molecular weight excluding hydrogens is 274 g/mol. The summed E-state index contributed by atoms with van der Waals surface area (Å²) in [6.07, 6.45) is 0. The molecule has 0 aliphatic rings. The Bertz CT molecular complexity index is 535. The van der Waals surface area contributed by atoms with E-state index in [9.17, 15) is 0 Å². The van der Waals surface area contributed by atoms with Crippen molar-refractivity contribution in [3.63, 3.8) is 0 Å². The molecule has 2 aromatic carbocycles. The van der Waals surface area contributed by atoms with Crippen molar-refractivity contribution in [1.82, 2.24) is 0 Å². The lowest BCUT2D eigenvalue weighted by Gasteiger charge is -2.12. The third-order valence-corrected chi connectivity index (χ3v) is 3.44. The van der Waals surface area contributed by atoms with Crippen molar-refractivity contribution in [3.05, 3.63) is 69.7 Å². The van der Waals surface area contributed by atoms with Gasteiger partial charge in [0, 0.05) is 10.4 Å². The predicted molar refractivity (Wildman–Crippen MR) is 72.8 cm³/mol. The Kier molecular flexibility index (Phi) is 3.61. The lowest BCUT2D eigenvalue weighted by atomic mass is 9.93. The summed E-state index contributed by atoms with van der Waals surface area (Å²) in [7, 11) is 0. The fourth-order valence-corrected chi connectivity index (χ4v) is 2.05. The minimum atomic E-state index is 0.343. The Labute approximate surface area is 110 Å². The molecule has 0 aliphatic carbocycles. The third-order valence-electron chi connectivity index (χ3n) is 2.91. The highest BCUT2D eigenvalue weighted by Gasteiger charge is 2.07. The third kappa shape index (κ3) is 2.75. The smallest absolute Gasteiger partial charge is 0.0991 e. The summed E-state index contributed by atoms with van der Waals surface area (Å²) >= 11 is 3.43. The first-order valence-electron chi connectivity index (χ1n) is 5.46. The van der Waals surface area contributed by atoms with E-state index < -0.39 is 0 Å². The maximum absolute atomic E-state index is 8.76. The van der Waals surface area contributed by atoms with Crippen LogP contribution >= 0.6 is 15.9 Å². The molecule has 1 nitrogen and oxygen atoms in total. The molecule has 2 heteroatoms. The molecule has 0 fully saturated rings. The molecule has 2 aromatic rings. The van der Waals surface area contributed by atoms with Gasteiger partial charge in [-0.25, -0.2) is 0 Å². The van der Waals surface area contributed by atoms with Gasteiger partial charge < -0.3 is 0 Å². The van der Waals surface area contributed by atoms with Crippen molar-refractivity contribution in [1.29, 1.82) is 5.26 Å². The number of nitrogens with zero attached hydrogens (tertiary/aromatic N) is 1. The highest BCUT2D eigenvalue weighted by Crippen LogP contribution is 2.25. The van der Waals surface area contributed by atoms with Gasteiger partial charge in [-0.2, -0.15) is 5.26 Å². The number of rotatable bonds is 2. The SMILES string of the molecule is CC(c1ccc(Br)cc1)c1ccc(C#N)cc1. The molecule has 0 bridgehead atoms. The first-order chi connectivity index (χ1) is 8.20. The fourth-order valence-electron chi connectivity index (χ4n) is 1.79. The second-order valence-corrected chi connectivity index (χ2v) is 4.92. The minimum Gasteiger partial charge on any atom is -0.192 e. The van der Waals surface area contributed by atoms with Gasteiger partial charge in [-0.15, -0.1) is 0 Å². The molecule has 1 atom stereocenters. The monoisotopic (exact) mass is 285 g/mol. The number of halogens is 1. The molecule has 0 N–H and O–H groups in total. The van der Waals surface area contributed by atoms with Crippen LogP contribution in [0.15, 0.2) is 53.0 Å². The van der Waals surface area contributed by atoms with E-state index in [1.807, 2.05) is 24.3 Å². The molecule has 1 unspecified atom stereocenters. The second kappa shape index (κ2) is 5.16. The zero-order valence-electron chi connectivity index (χ0n) is 9.52. The van der Waals surface area contributed by atoms with E-state index in [0.29, 0.717) is 11.5 Å². The van der Waals surface area contributed by atoms with E-state index in [-0.39, 0.29) is 0 Å². The van der Waals surface area contributed by atoms with E-state index in [0.717, 1.165) is 4.47 Å². The molecule has 17 heavy (non-hydrogen) atoms. The lowest BCUT2D eigenvalue weighted by Crippen LogP contribution is -1.95. The predicted octanol–water partition coefficient (Wildman–Crippen LogP) is 4.47. The molecule has 0 heterocycles. The molecule has 84 valence electrons. The first kappa shape index (κ1) is 11.9. The Hall–Kier alpha value is -1.59. The summed E-state index contributed by atoms with van der Waals surface area (Å²) in [5.74, 6) is 0.343. The van der Waals surface area contributed by atoms with Crippen molar-refractivity contribution in [2.24, 2.45) is 0 Å².